The van der Waals surface area contributed by atoms with Gasteiger partial charge in [0.25, 0.3) is 5.78 Å². The topological polar surface area (TPSA) is 69.1 Å². The molecule has 0 amide bonds. The van der Waals surface area contributed by atoms with Crippen LogP contribution in [0.15, 0.2) is 30.3 Å². The molecule has 2 aromatic heterocycles. The van der Waals surface area contributed by atoms with Crippen LogP contribution >= 0.6 is 0 Å². The second-order valence-electron chi connectivity index (χ2n) is 4.94. The fourth-order valence-electron chi connectivity index (χ4n) is 2.51. The van der Waals surface area contributed by atoms with Crippen LogP contribution in [0, 0.1) is 13.8 Å². The second-order valence-corrected chi connectivity index (χ2v) is 4.94. The summed E-state index contributed by atoms with van der Waals surface area (Å²) in [7, 11) is 0. The Kier molecular flexibility index (Phi) is 3.20. The number of hydrogen-bond acceptors (Lipinski definition) is 4. The summed E-state index contributed by atoms with van der Waals surface area (Å²) in [4.78, 5) is 4.41. The van der Waals surface area contributed by atoms with E-state index in [1.54, 1.807) is 0 Å². The van der Waals surface area contributed by atoms with Gasteiger partial charge in [-0.15, -0.1) is 10.2 Å². The van der Waals surface area contributed by atoms with Crippen LogP contribution < -0.4 is 5.73 Å². The van der Waals surface area contributed by atoms with E-state index in [2.05, 4.69) is 21.2 Å². The van der Waals surface area contributed by atoms with Crippen molar-refractivity contribution in [3.63, 3.8) is 0 Å². The van der Waals surface area contributed by atoms with Crippen molar-refractivity contribution >= 4 is 5.78 Å². The maximum atomic E-state index is 5.79. The van der Waals surface area contributed by atoms with E-state index in [1.807, 2.05) is 42.5 Å². The first-order chi connectivity index (χ1) is 9.69. The highest BCUT2D eigenvalue weighted by molar-refractivity contribution is 5.35. The van der Waals surface area contributed by atoms with Crippen molar-refractivity contribution in [1.29, 1.82) is 0 Å². The van der Waals surface area contributed by atoms with Crippen LogP contribution in [0.4, 0.5) is 0 Å². The summed E-state index contributed by atoms with van der Waals surface area (Å²) in [5, 5.41) is 8.44. The third kappa shape index (κ3) is 2.16. The maximum absolute atomic E-state index is 5.79. The van der Waals surface area contributed by atoms with Crippen LogP contribution in [0.25, 0.3) is 5.78 Å². The van der Waals surface area contributed by atoms with Gasteiger partial charge >= 0.3 is 0 Å². The molecule has 2 N–H and O–H groups in total. The molecule has 3 aromatic rings. The Balaban J connectivity index is 2.07. The summed E-state index contributed by atoms with van der Waals surface area (Å²) in [5.41, 5.74) is 10.2. The molecule has 0 spiro atoms. The molecule has 0 saturated heterocycles. The van der Waals surface area contributed by atoms with E-state index in [0.717, 1.165) is 22.8 Å². The van der Waals surface area contributed by atoms with Crippen LogP contribution in [-0.2, 0) is 13.0 Å². The highest BCUT2D eigenvalue weighted by Crippen LogP contribution is 2.15. The molecule has 20 heavy (non-hydrogen) atoms. The van der Waals surface area contributed by atoms with Crippen molar-refractivity contribution in [2.75, 3.05) is 0 Å². The van der Waals surface area contributed by atoms with Crippen LogP contribution in [0.5, 0.6) is 0 Å². The SMILES string of the molecule is Cc1cc(C)n2c(Cc3ccccc3CN)nnc2n1. The Bertz CT molecular complexity index is 760. The van der Waals surface area contributed by atoms with E-state index in [-0.39, 0.29) is 0 Å². The van der Waals surface area contributed by atoms with Gasteiger partial charge in [-0.05, 0) is 31.0 Å². The average molecular weight is 267 g/mol. The van der Waals surface area contributed by atoms with Crippen LogP contribution in [0.3, 0.4) is 0 Å². The zero-order valence-corrected chi connectivity index (χ0v) is 11.7. The molecule has 3 rings (SSSR count). The second kappa shape index (κ2) is 5.02. The Hall–Kier alpha value is -2.27. The fraction of sp³-hybridized carbons (Fsp3) is 0.267. The third-order valence-electron chi connectivity index (χ3n) is 3.45. The van der Waals surface area contributed by atoms with Crippen molar-refractivity contribution < 1.29 is 0 Å². The molecule has 0 fully saturated rings. The number of rotatable bonds is 3. The van der Waals surface area contributed by atoms with E-state index in [9.17, 15) is 0 Å². The summed E-state index contributed by atoms with van der Waals surface area (Å²) in [6, 6.07) is 10.2. The van der Waals surface area contributed by atoms with Gasteiger partial charge in [0.15, 0.2) is 0 Å². The minimum atomic E-state index is 0.531. The number of aromatic nitrogens is 4. The number of fused-ring (bicyclic) bond motifs is 1. The molecular weight excluding hydrogens is 250 g/mol. The van der Waals surface area contributed by atoms with Gasteiger partial charge in [0.2, 0.25) is 0 Å². The van der Waals surface area contributed by atoms with E-state index >= 15 is 0 Å². The van der Waals surface area contributed by atoms with Crippen molar-refractivity contribution in [3.05, 3.63) is 58.7 Å². The first-order valence-corrected chi connectivity index (χ1v) is 6.64. The minimum Gasteiger partial charge on any atom is -0.326 e. The predicted octanol–water partition coefficient (Wildman–Crippen LogP) is 1.79. The number of benzene rings is 1. The molecule has 0 atom stereocenters. The largest absolute Gasteiger partial charge is 0.326 e. The number of nitrogens with two attached hydrogens (primary N) is 1. The quantitative estimate of drug-likeness (QED) is 0.785. The molecule has 0 aliphatic heterocycles. The highest BCUT2D eigenvalue weighted by atomic mass is 15.3. The lowest BCUT2D eigenvalue weighted by Crippen LogP contribution is -2.05. The molecule has 0 radical (unpaired) electrons. The van der Waals surface area contributed by atoms with E-state index < -0.39 is 0 Å². The maximum Gasteiger partial charge on any atom is 0.255 e. The molecule has 2 heterocycles. The van der Waals surface area contributed by atoms with Crippen LogP contribution in [0.2, 0.25) is 0 Å². The lowest BCUT2D eigenvalue weighted by molar-refractivity contribution is 0.892. The lowest BCUT2D eigenvalue weighted by Gasteiger charge is -2.08. The number of aryl methyl sites for hydroxylation is 2. The van der Waals surface area contributed by atoms with Crippen molar-refractivity contribution in [1.82, 2.24) is 19.6 Å². The highest BCUT2D eigenvalue weighted by Gasteiger charge is 2.11. The first-order valence-electron chi connectivity index (χ1n) is 6.64. The lowest BCUT2D eigenvalue weighted by atomic mass is 10.0. The van der Waals surface area contributed by atoms with E-state index in [1.165, 1.54) is 5.56 Å². The Morgan fingerprint density at radius 1 is 1.10 bits per heavy atom. The zero-order valence-electron chi connectivity index (χ0n) is 11.7. The van der Waals surface area contributed by atoms with Gasteiger partial charge in [-0.3, -0.25) is 4.40 Å². The normalized spacial score (nSPS) is 11.2. The van der Waals surface area contributed by atoms with Crippen molar-refractivity contribution in [2.24, 2.45) is 5.73 Å². The average Bonchev–Trinajstić information content (AvgIpc) is 2.82. The zero-order chi connectivity index (χ0) is 14.1. The van der Waals surface area contributed by atoms with Gasteiger partial charge in [0.05, 0.1) is 0 Å². The van der Waals surface area contributed by atoms with E-state index in [4.69, 9.17) is 5.73 Å². The molecule has 0 saturated carbocycles. The molecule has 1 aromatic carbocycles. The summed E-state index contributed by atoms with van der Waals surface area (Å²) in [6.45, 7) is 4.54. The standard InChI is InChI=1S/C15H17N5/c1-10-7-11(2)20-14(18-19-15(20)17-10)8-12-5-3-4-6-13(12)9-16/h3-7H,8-9,16H2,1-2H3. The smallest absolute Gasteiger partial charge is 0.255 e. The summed E-state index contributed by atoms with van der Waals surface area (Å²) >= 11 is 0. The van der Waals surface area contributed by atoms with Gasteiger partial charge in [-0.2, -0.15) is 0 Å². The summed E-state index contributed by atoms with van der Waals surface area (Å²) in [5.74, 6) is 1.55. The Morgan fingerprint density at radius 2 is 1.85 bits per heavy atom. The van der Waals surface area contributed by atoms with Gasteiger partial charge in [-0.25, -0.2) is 4.98 Å². The Morgan fingerprint density at radius 3 is 2.60 bits per heavy atom. The molecule has 5 nitrogen and oxygen atoms in total. The first kappa shape index (κ1) is 12.7. The molecule has 0 unspecified atom stereocenters. The minimum absolute atomic E-state index is 0.531. The van der Waals surface area contributed by atoms with Crippen molar-refractivity contribution in [3.8, 4) is 0 Å². The molecule has 0 aliphatic carbocycles. The number of nitrogens with zero attached hydrogens (tertiary/aromatic N) is 4. The fourth-order valence-corrected chi connectivity index (χ4v) is 2.51. The van der Waals surface area contributed by atoms with E-state index in [0.29, 0.717) is 18.7 Å². The molecule has 0 aliphatic rings. The molecule has 5 heteroatoms. The van der Waals surface area contributed by atoms with Gasteiger partial charge in [-0.1, -0.05) is 24.3 Å². The molecular formula is C15H17N5. The monoisotopic (exact) mass is 267 g/mol. The summed E-state index contributed by atoms with van der Waals surface area (Å²) < 4.78 is 2.00. The van der Waals surface area contributed by atoms with Crippen LogP contribution in [0.1, 0.15) is 28.3 Å². The summed E-state index contributed by atoms with van der Waals surface area (Å²) in [6.07, 6.45) is 0.708. The van der Waals surface area contributed by atoms with Gasteiger partial charge in [0.1, 0.15) is 5.82 Å². The predicted molar refractivity (Wildman–Crippen MR) is 77.4 cm³/mol. The molecule has 0 bridgehead atoms. The third-order valence-corrected chi connectivity index (χ3v) is 3.45. The van der Waals surface area contributed by atoms with Gasteiger partial charge in [0, 0.05) is 24.4 Å². The molecule has 102 valence electrons. The van der Waals surface area contributed by atoms with Crippen LogP contribution in [-0.4, -0.2) is 19.6 Å². The number of hydrogen-bond donors (Lipinski definition) is 1. The Labute approximate surface area is 117 Å². The van der Waals surface area contributed by atoms with Gasteiger partial charge < -0.3 is 5.73 Å². The van der Waals surface area contributed by atoms with Crippen molar-refractivity contribution in [2.45, 2.75) is 26.8 Å².